The van der Waals surface area contributed by atoms with Crippen molar-refractivity contribution in [2.75, 3.05) is 0 Å². The van der Waals surface area contributed by atoms with Crippen molar-refractivity contribution in [3.05, 3.63) is 0 Å². The molecule has 0 bridgehead atoms. The van der Waals surface area contributed by atoms with Gasteiger partial charge in [0.25, 0.3) is 0 Å². The Balaban J connectivity index is 2.27. The van der Waals surface area contributed by atoms with Crippen LogP contribution < -0.4 is 5.32 Å². The topological polar surface area (TPSA) is 58.6 Å². The maximum Gasteiger partial charge on any atom is 0.407 e. The Labute approximate surface area is 84.6 Å². The number of carbonyl (C=O) groups excluding carboxylic acids is 1. The number of ether oxygens (including phenoxy) is 1. The number of hydrogen-bond acceptors (Lipinski definition) is 3. The molecular formula is C10H19NO3. The van der Waals surface area contributed by atoms with E-state index in [9.17, 15) is 9.90 Å². The Hall–Kier alpha value is -0.770. The largest absolute Gasteiger partial charge is 0.446 e. The molecule has 2 N–H and O–H groups in total. The number of carbonyl (C=O) groups is 1. The van der Waals surface area contributed by atoms with Gasteiger partial charge in [-0.25, -0.2) is 4.79 Å². The Morgan fingerprint density at radius 3 is 2.50 bits per heavy atom. The van der Waals surface area contributed by atoms with Gasteiger partial charge < -0.3 is 15.2 Å². The van der Waals surface area contributed by atoms with Crippen molar-refractivity contribution < 1.29 is 14.6 Å². The molecule has 82 valence electrons. The summed E-state index contributed by atoms with van der Waals surface area (Å²) in [6, 6.07) is 0. The van der Waals surface area contributed by atoms with Crippen LogP contribution in [-0.4, -0.2) is 28.9 Å². The molecule has 1 fully saturated rings. The second-order valence-corrected chi connectivity index (χ2v) is 4.87. The lowest BCUT2D eigenvalue weighted by Crippen LogP contribution is -2.42. The van der Waals surface area contributed by atoms with Crippen LogP contribution in [0, 0.1) is 0 Å². The highest BCUT2D eigenvalue weighted by molar-refractivity contribution is 5.68. The molecular weight excluding hydrogens is 182 g/mol. The van der Waals surface area contributed by atoms with Gasteiger partial charge in [0, 0.05) is 12.0 Å². The van der Waals surface area contributed by atoms with Crippen LogP contribution in [0.25, 0.3) is 0 Å². The van der Waals surface area contributed by atoms with Gasteiger partial charge in [0.05, 0.1) is 6.10 Å². The van der Waals surface area contributed by atoms with E-state index in [0.29, 0.717) is 6.42 Å². The molecule has 0 radical (unpaired) electrons. The molecule has 14 heavy (non-hydrogen) atoms. The van der Waals surface area contributed by atoms with E-state index >= 15 is 0 Å². The third kappa shape index (κ3) is 3.96. The van der Waals surface area contributed by atoms with Crippen molar-refractivity contribution in [1.82, 2.24) is 5.32 Å². The first-order valence-electron chi connectivity index (χ1n) is 5.04. The van der Waals surface area contributed by atoms with Gasteiger partial charge in [0.15, 0.2) is 0 Å². The summed E-state index contributed by atoms with van der Waals surface area (Å²) in [7, 11) is 0. The molecule has 1 aliphatic rings. The minimum Gasteiger partial charge on any atom is -0.446 e. The minimum atomic E-state index is -0.392. The number of nitrogens with one attached hydrogen (secondary N) is 1. The lowest BCUT2D eigenvalue weighted by atomic mass is 10.1. The van der Waals surface area contributed by atoms with E-state index in [0.717, 1.165) is 12.8 Å². The molecule has 0 heterocycles. The molecule has 0 aromatic heterocycles. The fraction of sp³-hybridized carbons (Fsp3) is 0.900. The molecule has 2 atom stereocenters. The second-order valence-electron chi connectivity index (χ2n) is 4.87. The maximum atomic E-state index is 11.3. The van der Waals surface area contributed by atoms with Crippen LogP contribution in [0.5, 0.6) is 0 Å². The van der Waals surface area contributed by atoms with Crippen molar-refractivity contribution >= 4 is 6.09 Å². The van der Waals surface area contributed by atoms with Gasteiger partial charge >= 0.3 is 6.09 Å². The molecule has 0 spiro atoms. The lowest BCUT2D eigenvalue weighted by molar-refractivity contribution is 0.0838. The van der Waals surface area contributed by atoms with E-state index in [2.05, 4.69) is 5.32 Å². The predicted octanol–water partition coefficient (Wildman–Crippen LogP) is 1.42. The summed E-state index contributed by atoms with van der Waals surface area (Å²) < 4.78 is 5.15. The fourth-order valence-electron chi connectivity index (χ4n) is 1.51. The van der Waals surface area contributed by atoms with Crippen LogP contribution in [0.2, 0.25) is 0 Å². The summed E-state index contributed by atoms with van der Waals surface area (Å²) in [6.45, 7) is 5.70. The summed E-state index contributed by atoms with van der Waals surface area (Å²) in [6.07, 6.45) is 1.25. The minimum absolute atomic E-state index is 0.118. The highest BCUT2D eigenvalue weighted by Gasteiger charge is 2.26. The zero-order valence-electron chi connectivity index (χ0n) is 9.04. The summed E-state index contributed by atoms with van der Waals surface area (Å²) >= 11 is 0. The van der Waals surface area contributed by atoms with E-state index < -0.39 is 6.09 Å². The number of alkyl carbamates (subject to hydrolysis) is 1. The molecule has 0 saturated heterocycles. The molecule has 4 nitrogen and oxygen atoms in total. The monoisotopic (exact) mass is 201 g/mol. The Morgan fingerprint density at radius 2 is 2.07 bits per heavy atom. The Bertz CT molecular complexity index is 210. The summed E-state index contributed by atoms with van der Waals surface area (Å²) in [5, 5.41) is 12.0. The molecule has 1 saturated carbocycles. The van der Waals surface area contributed by atoms with Crippen molar-refractivity contribution in [2.45, 2.75) is 57.8 Å². The van der Waals surface area contributed by atoms with Crippen LogP contribution in [-0.2, 0) is 4.74 Å². The highest BCUT2D eigenvalue weighted by Crippen LogP contribution is 2.21. The smallest absolute Gasteiger partial charge is 0.407 e. The molecule has 4 heteroatoms. The van der Waals surface area contributed by atoms with Crippen LogP contribution in [0.15, 0.2) is 0 Å². The second kappa shape index (κ2) is 4.17. The molecule has 1 amide bonds. The number of rotatable bonds is 1. The summed E-state index contributed by atoms with van der Waals surface area (Å²) in [4.78, 5) is 11.3. The lowest BCUT2D eigenvalue weighted by Gasteiger charge is -2.21. The Kier molecular flexibility index (Phi) is 3.37. The zero-order chi connectivity index (χ0) is 10.8. The van der Waals surface area contributed by atoms with Gasteiger partial charge in [0.1, 0.15) is 6.10 Å². The SMILES string of the molecule is CC(C)(C)NC(=O)OC1CCC(O)C1. The number of hydrogen-bond donors (Lipinski definition) is 2. The summed E-state index contributed by atoms with van der Waals surface area (Å²) in [5.74, 6) is 0. The molecule has 2 unspecified atom stereocenters. The third-order valence-electron chi connectivity index (χ3n) is 2.11. The van der Waals surface area contributed by atoms with Crippen molar-refractivity contribution in [3.63, 3.8) is 0 Å². The van der Waals surface area contributed by atoms with E-state index in [-0.39, 0.29) is 17.7 Å². The molecule has 1 rings (SSSR count). The van der Waals surface area contributed by atoms with Crippen molar-refractivity contribution in [1.29, 1.82) is 0 Å². The average molecular weight is 201 g/mol. The quantitative estimate of drug-likeness (QED) is 0.674. The molecule has 1 aliphatic carbocycles. The predicted molar refractivity (Wildman–Crippen MR) is 53.0 cm³/mol. The zero-order valence-corrected chi connectivity index (χ0v) is 9.04. The highest BCUT2D eigenvalue weighted by atomic mass is 16.6. The first-order valence-corrected chi connectivity index (χ1v) is 5.04. The molecule has 0 aromatic carbocycles. The normalized spacial score (nSPS) is 27.4. The van der Waals surface area contributed by atoms with Crippen molar-refractivity contribution in [2.24, 2.45) is 0 Å². The first-order chi connectivity index (χ1) is 6.37. The first kappa shape index (κ1) is 11.3. The number of aliphatic hydroxyl groups is 1. The van der Waals surface area contributed by atoms with Gasteiger partial charge in [-0.3, -0.25) is 0 Å². The molecule has 0 aromatic rings. The van der Waals surface area contributed by atoms with Gasteiger partial charge in [-0.15, -0.1) is 0 Å². The van der Waals surface area contributed by atoms with Crippen LogP contribution in [0.1, 0.15) is 40.0 Å². The summed E-state index contributed by atoms with van der Waals surface area (Å²) in [5.41, 5.74) is -0.270. The van der Waals surface area contributed by atoms with Gasteiger partial charge in [-0.1, -0.05) is 0 Å². The van der Waals surface area contributed by atoms with Gasteiger partial charge in [0.2, 0.25) is 0 Å². The average Bonchev–Trinajstić information content (AvgIpc) is 2.30. The number of amides is 1. The Morgan fingerprint density at radius 1 is 1.43 bits per heavy atom. The van der Waals surface area contributed by atoms with E-state index in [1.165, 1.54) is 0 Å². The number of aliphatic hydroxyl groups excluding tert-OH is 1. The van der Waals surface area contributed by atoms with E-state index in [1.807, 2.05) is 20.8 Å². The van der Waals surface area contributed by atoms with Crippen LogP contribution >= 0.6 is 0 Å². The van der Waals surface area contributed by atoms with Crippen LogP contribution in [0.3, 0.4) is 0 Å². The van der Waals surface area contributed by atoms with E-state index in [4.69, 9.17) is 4.74 Å². The van der Waals surface area contributed by atoms with Crippen molar-refractivity contribution in [3.8, 4) is 0 Å². The standard InChI is InChI=1S/C10H19NO3/c1-10(2,3)11-9(13)14-8-5-4-7(12)6-8/h7-8,12H,4-6H2,1-3H3,(H,11,13). The third-order valence-corrected chi connectivity index (χ3v) is 2.11. The maximum absolute atomic E-state index is 11.3. The van der Waals surface area contributed by atoms with Crippen LogP contribution in [0.4, 0.5) is 4.79 Å². The van der Waals surface area contributed by atoms with E-state index in [1.54, 1.807) is 0 Å². The molecule has 0 aliphatic heterocycles. The van der Waals surface area contributed by atoms with Gasteiger partial charge in [-0.2, -0.15) is 0 Å². The fourth-order valence-corrected chi connectivity index (χ4v) is 1.51. The van der Waals surface area contributed by atoms with Gasteiger partial charge in [-0.05, 0) is 33.6 Å².